The van der Waals surface area contributed by atoms with Crippen LogP contribution in [0.1, 0.15) is 18.2 Å². The summed E-state index contributed by atoms with van der Waals surface area (Å²) in [6, 6.07) is 8.22. The van der Waals surface area contributed by atoms with E-state index in [0.29, 0.717) is 0 Å². The van der Waals surface area contributed by atoms with Crippen LogP contribution in [0.5, 0.6) is 0 Å². The maximum absolute atomic E-state index is 4.43. The number of hydrogen-bond acceptors (Lipinski definition) is 2. The van der Waals surface area contributed by atoms with Gasteiger partial charge < -0.3 is 0 Å². The Morgan fingerprint density at radius 3 is 2.60 bits per heavy atom. The van der Waals surface area contributed by atoms with Crippen molar-refractivity contribution < 1.29 is 0 Å². The summed E-state index contributed by atoms with van der Waals surface area (Å²) in [4.78, 5) is 8.60. The molecule has 0 aromatic carbocycles. The van der Waals surface area contributed by atoms with Gasteiger partial charge in [-0.3, -0.25) is 9.97 Å². The second-order valence-corrected chi connectivity index (χ2v) is 3.59. The lowest BCUT2D eigenvalue weighted by Gasteiger charge is -2.02. The fourth-order valence-electron chi connectivity index (χ4n) is 1.51. The molecule has 0 fully saturated rings. The van der Waals surface area contributed by atoms with E-state index in [4.69, 9.17) is 0 Å². The summed E-state index contributed by atoms with van der Waals surface area (Å²) in [5.41, 5.74) is 4.43. The minimum absolute atomic E-state index is 1.01. The minimum Gasteiger partial charge on any atom is -0.262 e. The van der Waals surface area contributed by atoms with Crippen LogP contribution in [0.25, 0.3) is 11.3 Å². The quantitative estimate of drug-likeness (QED) is 0.741. The maximum Gasteiger partial charge on any atom is 0.0703 e. The first-order valence-electron chi connectivity index (χ1n) is 5.17. The van der Waals surface area contributed by atoms with E-state index in [9.17, 15) is 0 Å². The molecule has 0 saturated heterocycles. The Morgan fingerprint density at radius 2 is 2.00 bits per heavy atom. The van der Waals surface area contributed by atoms with Crippen LogP contribution in [0.15, 0.2) is 36.7 Å². The van der Waals surface area contributed by atoms with E-state index in [0.717, 1.165) is 23.4 Å². The fourth-order valence-corrected chi connectivity index (χ4v) is 1.51. The smallest absolute Gasteiger partial charge is 0.0703 e. The average Bonchev–Trinajstić information content (AvgIpc) is 2.29. The molecule has 2 aromatic heterocycles. The number of aryl methyl sites for hydroxylation is 2. The molecule has 2 rings (SSSR count). The SMILES string of the molecule is CCc1ccc(-c2ccnc(C)c2)nc1. The van der Waals surface area contributed by atoms with Crippen molar-refractivity contribution in [3.05, 3.63) is 47.9 Å². The van der Waals surface area contributed by atoms with Crippen LogP contribution in [0, 0.1) is 6.92 Å². The third-order valence-electron chi connectivity index (χ3n) is 2.43. The highest BCUT2D eigenvalue weighted by atomic mass is 14.7. The average molecular weight is 198 g/mol. The molecule has 0 unspecified atom stereocenters. The molecule has 0 amide bonds. The van der Waals surface area contributed by atoms with Crippen molar-refractivity contribution in [3.63, 3.8) is 0 Å². The summed E-state index contributed by atoms with van der Waals surface area (Å²) in [6.45, 7) is 4.12. The van der Waals surface area contributed by atoms with Gasteiger partial charge in [-0.25, -0.2) is 0 Å². The largest absolute Gasteiger partial charge is 0.262 e. The standard InChI is InChI=1S/C13H14N2/c1-3-11-4-5-13(15-9-11)12-6-7-14-10(2)8-12/h4-9H,3H2,1-2H3. The Labute approximate surface area is 90.0 Å². The molecule has 2 aromatic rings. The summed E-state index contributed by atoms with van der Waals surface area (Å²) in [6.07, 6.45) is 4.79. The predicted molar refractivity (Wildman–Crippen MR) is 61.6 cm³/mol. The van der Waals surface area contributed by atoms with E-state index in [1.54, 1.807) is 0 Å². The Morgan fingerprint density at radius 1 is 1.13 bits per heavy atom. The summed E-state index contributed by atoms with van der Waals surface area (Å²) in [5.74, 6) is 0. The van der Waals surface area contributed by atoms with E-state index in [1.165, 1.54) is 5.56 Å². The van der Waals surface area contributed by atoms with Crippen molar-refractivity contribution in [2.24, 2.45) is 0 Å². The second-order valence-electron chi connectivity index (χ2n) is 3.59. The zero-order valence-corrected chi connectivity index (χ0v) is 9.07. The molecule has 76 valence electrons. The van der Waals surface area contributed by atoms with Gasteiger partial charge in [0.1, 0.15) is 0 Å². The normalized spacial score (nSPS) is 10.3. The van der Waals surface area contributed by atoms with Gasteiger partial charge in [-0.15, -0.1) is 0 Å². The Hall–Kier alpha value is -1.70. The van der Waals surface area contributed by atoms with Crippen LogP contribution in [0.2, 0.25) is 0 Å². The van der Waals surface area contributed by atoms with E-state index in [1.807, 2.05) is 31.5 Å². The van der Waals surface area contributed by atoms with Crippen molar-refractivity contribution >= 4 is 0 Å². The van der Waals surface area contributed by atoms with Crippen LogP contribution >= 0.6 is 0 Å². The molecule has 15 heavy (non-hydrogen) atoms. The molecule has 0 atom stereocenters. The number of aromatic nitrogens is 2. The van der Waals surface area contributed by atoms with Crippen LogP contribution < -0.4 is 0 Å². The maximum atomic E-state index is 4.43. The van der Waals surface area contributed by atoms with Crippen molar-refractivity contribution in [3.8, 4) is 11.3 Å². The fraction of sp³-hybridized carbons (Fsp3) is 0.231. The molecular weight excluding hydrogens is 184 g/mol. The van der Waals surface area contributed by atoms with E-state index < -0.39 is 0 Å². The van der Waals surface area contributed by atoms with Crippen LogP contribution in [0.4, 0.5) is 0 Å². The van der Waals surface area contributed by atoms with E-state index in [-0.39, 0.29) is 0 Å². The van der Waals surface area contributed by atoms with Crippen molar-refractivity contribution in [2.45, 2.75) is 20.3 Å². The van der Waals surface area contributed by atoms with Gasteiger partial charge in [0.05, 0.1) is 5.69 Å². The molecule has 0 aliphatic rings. The topological polar surface area (TPSA) is 25.8 Å². The summed E-state index contributed by atoms with van der Waals surface area (Å²) >= 11 is 0. The Kier molecular flexibility index (Phi) is 2.77. The van der Waals surface area contributed by atoms with E-state index >= 15 is 0 Å². The zero-order chi connectivity index (χ0) is 10.7. The van der Waals surface area contributed by atoms with Crippen molar-refractivity contribution in [2.75, 3.05) is 0 Å². The Bertz CT molecular complexity index is 446. The number of rotatable bonds is 2. The minimum atomic E-state index is 1.01. The molecule has 2 nitrogen and oxygen atoms in total. The summed E-state index contributed by atoms with van der Waals surface area (Å²) in [5, 5.41) is 0. The Balaban J connectivity index is 2.37. The van der Waals surface area contributed by atoms with Gasteiger partial charge in [0.15, 0.2) is 0 Å². The highest BCUT2D eigenvalue weighted by Gasteiger charge is 1.99. The highest BCUT2D eigenvalue weighted by molar-refractivity contribution is 5.58. The van der Waals surface area contributed by atoms with Gasteiger partial charge in [-0.1, -0.05) is 13.0 Å². The molecular formula is C13H14N2. The van der Waals surface area contributed by atoms with E-state index in [2.05, 4.69) is 29.0 Å². The first-order valence-corrected chi connectivity index (χ1v) is 5.17. The molecule has 2 heterocycles. The summed E-state index contributed by atoms with van der Waals surface area (Å²) in [7, 11) is 0. The van der Waals surface area contributed by atoms with Gasteiger partial charge >= 0.3 is 0 Å². The molecule has 0 radical (unpaired) electrons. The van der Waals surface area contributed by atoms with Crippen molar-refractivity contribution in [1.29, 1.82) is 0 Å². The van der Waals surface area contributed by atoms with Gasteiger partial charge in [-0.05, 0) is 37.1 Å². The zero-order valence-electron chi connectivity index (χ0n) is 9.07. The highest BCUT2D eigenvalue weighted by Crippen LogP contribution is 2.16. The number of pyridine rings is 2. The van der Waals surface area contributed by atoms with Crippen LogP contribution in [-0.2, 0) is 6.42 Å². The molecule has 0 aliphatic heterocycles. The van der Waals surface area contributed by atoms with Gasteiger partial charge in [0, 0.05) is 23.7 Å². The molecule has 0 aliphatic carbocycles. The molecule has 0 spiro atoms. The second kappa shape index (κ2) is 4.22. The number of hydrogen-bond donors (Lipinski definition) is 0. The monoisotopic (exact) mass is 198 g/mol. The first-order chi connectivity index (χ1) is 7.29. The lowest BCUT2D eigenvalue weighted by molar-refractivity contribution is 1.10. The molecule has 0 saturated carbocycles. The third kappa shape index (κ3) is 2.21. The lowest BCUT2D eigenvalue weighted by Crippen LogP contribution is -1.88. The summed E-state index contributed by atoms with van der Waals surface area (Å²) < 4.78 is 0. The molecule has 0 N–H and O–H groups in total. The van der Waals surface area contributed by atoms with Crippen LogP contribution in [-0.4, -0.2) is 9.97 Å². The van der Waals surface area contributed by atoms with Gasteiger partial charge in [0.2, 0.25) is 0 Å². The number of nitrogens with zero attached hydrogens (tertiary/aromatic N) is 2. The molecule has 2 heteroatoms. The van der Waals surface area contributed by atoms with Crippen molar-refractivity contribution in [1.82, 2.24) is 9.97 Å². The lowest BCUT2D eigenvalue weighted by atomic mass is 10.1. The third-order valence-corrected chi connectivity index (χ3v) is 2.43. The van der Waals surface area contributed by atoms with Crippen LogP contribution in [0.3, 0.4) is 0 Å². The van der Waals surface area contributed by atoms with Gasteiger partial charge in [0.25, 0.3) is 0 Å². The first kappa shape index (κ1) is 9.84. The predicted octanol–water partition coefficient (Wildman–Crippen LogP) is 3.01. The van der Waals surface area contributed by atoms with Gasteiger partial charge in [-0.2, -0.15) is 0 Å². The molecule has 0 bridgehead atoms.